The van der Waals surface area contributed by atoms with E-state index in [0.717, 1.165) is 0 Å². The fourth-order valence-electron chi connectivity index (χ4n) is 0.945. The van der Waals surface area contributed by atoms with Crippen LogP contribution in [0.3, 0.4) is 0 Å². The third kappa shape index (κ3) is 4.83. The maximum absolute atomic E-state index is 3.57. The molecule has 0 rings (SSSR count). The van der Waals surface area contributed by atoms with Crippen molar-refractivity contribution in [1.29, 1.82) is 0 Å². The second kappa shape index (κ2) is 5.17. The fourth-order valence-corrected chi connectivity index (χ4v) is 0.945. The van der Waals surface area contributed by atoms with Gasteiger partial charge in [-0.2, -0.15) is 0 Å². The SMILES string of the molecule is C=C=CC(NC(C)C)C(C)C. The van der Waals surface area contributed by atoms with Crippen LogP contribution in [0.5, 0.6) is 0 Å². The highest BCUT2D eigenvalue weighted by molar-refractivity contribution is 4.92. The van der Waals surface area contributed by atoms with Crippen molar-refractivity contribution in [2.45, 2.75) is 39.8 Å². The largest absolute Gasteiger partial charge is 0.307 e. The summed E-state index contributed by atoms with van der Waals surface area (Å²) >= 11 is 0. The van der Waals surface area contributed by atoms with E-state index in [1.54, 1.807) is 0 Å². The first-order chi connectivity index (χ1) is 5.07. The molecule has 1 atom stereocenters. The molecule has 1 heteroatoms. The number of rotatable bonds is 4. The van der Waals surface area contributed by atoms with Gasteiger partial charge in [-0.1, -0.05) is 34.3 Å². The predicted octanol–water partition coefficient (Wildman–Crippen LogP) is 2.35. The molecule has 0 bridgehead atoms. The summed E-state index contributed by atoms with van der Waals surface area (Å²) in [5.41, 5.74) is 2.82. The molecule has 1 nitrogen and oxygen atoms in total. The molecule has 0 amide bonds. The molecule has 0 spiro atoms. The molecule has 0 saturated heterocycles. The second-order valence-electron chi connectivity index (χ2n) is 3.46. The molecule has 0 aromatic heterocycles. The minimum atomic E-state index is 0.410. The van der Waals surface area contributed by atoms with Gasteiger partial charge in [0.1, 0.15) is 0 Å². The van der Waals surface area contributed by atoms with E-state index in [2.05, 4.69) is 45.3 Å². The summed E-state index contributed by atoms with van der Waals surface area (Å²) in [6.07, 6.45) is 1.99. The standard InChI is InChI=1S/C10H19N/c1-6-7-10(8(2)3)11-9(4)5/h7-11H,1H2,2-5H3. The molecular weight excluding hydrogens is 134 g/mol. The van der Waals surface area contributed by atoms with Crippen molar-refractivity contribution < 1.29 is 0 Å². The van der Waals surface area contributed by atoms with Crippen LogP contribution < -0.4 is 5.32 Å². The fraction of sp³-hybridized carbons (Fsp3) is 0.700. The van der Waals surface area contributed by atoms with Gasteiger partial charge in [-0.05, 0) is 12.0 Å². The van der Waals surface area contributed by atoms with Gasteiger partial charge in [-0.25, -0.2) is 0 Å². The van der Waals surface area contributed by atoms with Crippen LogP contribution in [0.1, 0.15) is 27.7 Å². The van der Waals surface area contributed by atoms with Crippen molar-refractivity contribution in [2.24, 2.45) is 5.92 Å². The third-order valence-electron chi connectivity index (χ3n) is 1.54. The van der Waals surface area contributed by atoms with Crippen LogP contribution in [0, 0.1) is 5.92 Å². The molecule has 0 aromatic carbocycles. The Morgan fingerprint density at radius 3 is 2.09 bits per heavy atom. The average molecular weight is 153 g/mol. The Labute approximate surface area is 70.2 Å². The highest BCUT2D eigenvalue weighted by Crippen LogP contribution is 2.03. The molecule has 0 radical (unpaired) electrons. The normalized spacial score (nSPS) is 13.3. The Balaban J connectivity index is 4.00. The van der Waals surface area contributed by atoms with Gasteiger partial charge in [0.15, 0.2) is 0 Å². The van der Waals surface area contributed by atoms with Crippen LogP contribution >= 0.6 is 0 Å². The average Bonchev–Trinajstić information content (AvgIpc) is 1.86. The molecule has 0 aromatic rings. The van der Waals surface area contributed by atoms with E-state index in [4.69, 9.17) is 0 Å². The predicted molar refractivity (Wildman–Crippen MR) is 50.6 cm³/mol. The summed E-state index contributed by atoms with van der Waals surface area (Å²) in [5.74, 6) is 0.603. The zero-order valence-electron chi connectivity index (χ0n) is 8.02. The van der Waals surface area contributed by atoms with E-state index in [1.165, 1.54) is 0 Å². The maximum Gasteiger partial charge on any atom is 0.0349 e. The topological polar surface area (TPSA) is 12.0 Å². The Morgan fingerprint density at radius 2 is 1.82 bits per heavy atom. The first-order valence-electron chi connectivity index (χ1n) is 4.20. The van der Waals surface area contributed by atoms with Crippen molar-refractivity contribution in [1.82, 2.24) is 5.32 Å². The summed E-state index contributed by atoms with van der Waals surface area (Å²) in [4.78, 5) is 0. The van der Waals surface area contributed by atoms with E-state index in [-0.39, 0.29) is 0 Å². The number of hydrogen-bond acceptors (Lipinski definition) is 1. The zero-order valence-corrected chi connectivity index (χ0v) is 8.02. The molecule has 0 aliphatic carbocycles. The van der Waals surface area contributed by atoms with Crippen LogP contribution in [-0.4, -0.2) is 12.1 Å². The van der Waals surface area contributed by atoms with Crippen molar-refractivity contribution in [3.05, 3.63) is 18.4 Å². The summed E-state index contributed by atoms with van der Waals surface area (Å²) in [5, 5.41) is 3.42. The molecule has 1 unspecified atom stereocenters. The van der Waals surface area contributed by atoms with Crippen LogP contribution in [0.25, 0.3) is 0 Å². The van der Waals surface area contributed by atoms with Gasteiger partial charge in [-0.15, -0.1) is 5.73 Å². The lowest BCUT2D eigenvalue weighted by atomic mass is 10.0. The van der Waals surface area contributed by atoms with Crippen molar-refractivity contribution >= 4 is 0 Å². The van der Waals surface area contributed by atoms with E-state index in [9.17, 15) is 0 Å². The van der Waals surface area contributed by atoms with E-state index in [1.807, 2.05) is 6.08 Å². The highest BCUT2D eigenvalue weighted by Gasteiger charge is 2.09. The van der Waals surface area contributed by atoms with Gasteiger partial charge in [-0.3, -0.25) is 0 Å². The molecule has 0 aliphatic rings. The highest BCUT2D eigenvalue weighted by atomic mass is 14.9. The quantitative estimate of drug-likeness (QED) is 0.611. The summed E-state index contributed by atoms with van der Waals surface area (Å²) in [7, 11) is 0. The second-order valence-corrected chi connectivity index (χ2v) is 3.46. The Kier molecular flexibility index (Phi) is 4.93. The maximum atomic E-state index is 3.57. The van der Waals surface area contributed by atoms with Gasteiger partial charge in [0, 0.05) is 12.1 Å². The van der Waals surface area contributed by atoms with Crippen molar-refractivity contribution in [3.63, 3.8) is 0 Å². The summed E-state index contributed by atoms with van der Waals surface area (Å²) < 4.78 is 0. The minimum Gasteiger partial charge on any atom is -0.307 e. The molecule has 0 heterocycles. The van der Waals surface area contributed by atoms with Crippen LogP contribution in [0.4, 0.5) is 0 Å². The molecule has 0 fully saturated rings. The summed E-state index contributed by atoms with van der Waals surface area (Å²) in [6, 6.07) is 0.930. The molecule has 0 aliphatic heterocycles. The van der Waals surface area contributed by atoms with Gasteiger partial charge in [0.05, 0.1) is 0 Å². The van der Waals surface area contributed by atoms with Crippen LogP contribution in [0.15, 0.2) is 18.4 Å². The van der Waals surface area contributed by atoms with E-state index >= 15 is 0 Å². The van der Waals surface area contributed by atoms with Crippen molar-refractivity contribution in [2.75, 3.05) is 0 Å². The monoisotopic (exact) mass is 153 g/mol. The van der Waals surface area contributed by atoms with Gasteiger partial charge in [0.25, 0.3) is 0 Å². The lowest BCUT2D eigenvalue weighted by Crippen LogP contribution is -2.36. The van der Waals surface area contributed by atoms with Gasteiger partial charge < -0.3 is 5.32 Å². The van der Waals surface area contributed by atoms with Gasteiger partial charge in [0.2, 0.25) is 0 Å². The van der Waals surface area contributed by atoms with Crippen LogP contribution in [-0.2, 0) is 0 Å². The third-order valence-corrected chi connectivity index (χ3v) is 1.54. The van der Waals surface area contributed by atoms with E-state index in [0.29, 0.717) is 18.0 Å². The molecule has 0 saturated carbocycles. The minimum absolute atomic E-state index is 0.410. The molecular formula is C10H19N. The Bertz CT molecular complexity index is 141. The van der Waals surface area contributed by atoms with Crippen molar-refractivity contribution in [3.8, 4) is 0 Å². The zero-order chi connectivity index (χ0) is 8.85. The molecule has 11 heavy (non-hydrogen) atoms. The first kappa shape index (κ1) is 10.5. The van der Waals surface area contributed by atoms with E-state index < -0.39 is 0 Å². The van der Waals surface area contributed by atoms with Crippen LogP contribution in [0.2, 0.25) is 0 Å². The number of nitrogens with one attached hydrogen (secondary N) is 1. The lowest BCUT2D eigenvalue weighted by Gasteiger charge is -2.20. The Morgan fingerprint density at radius 1 is 1.27 bits per heavy atom. The Hall–Kier alpha value is -0.520. The smallest absolute Gasteiger partial charge is 0.0349 e. The molecule has 64 valence electrons. The summed E-state index contributed by atoms with van der Waals surface area (Å²) in [6.45, 7) is 12.2. The molecule has 1 N–H and O–H groups in total. The van der Waals surface area contributed by atoms with Gasteiger partial charge >= 0.3 is 0 Å². The first-order valence-corrected chi connectivity index (χ1v) is 4.20. The number of hydrogen-bond donors (Lipinski definition) is 1. The lowest BCUT2D eigenvalue weighted by molar-refractivity contribution is 0.429.